The van der Waals surface area contributed by atoms with Crippen LogP contribution >= 0.6 is 34.5 Å². The van der Waals surface area contributed by atoms with Crippen molar-refractivity contribution >= 4 is 56.6 Å². The number of hydrogen-bond donors (Lipinski definition) is 2. The molecule has 11 heteroatoms. The lowest BCUT2D eigenvalue weighted by molar-refractivity contribution is -0.956. The van der Waals surface area contributed by atoms with E-state index in [4.69, 9.17) is 38.8 Å². The van der Waals surface area contributed by atoms with Gasteiger partial charge < -0.3 is 15.0 Å². The summed E-state index contributed by atoms with van der Waals surface area (Å²) in [5.41, 5.74) is 1.88. The van der Waals surface area contributed by atoms with Gasteiger partial charge in [-0.2, -0.15) is 5.84 Å². The van der Waals surface area contributed by atoms with Crippen molar-refractivity contribution in [3.05, 3.63) is 50.9 Å². The Labute approximate surface area is 231 Å². The van der Waals surface area contributed by atoms with E-state index >= 15 is 0 Å². The Hall–Kier alpha value is -2.01. The van der Waals surface area contributed by atoms with Crippen molar-refractivity contribution in [1.29, 1.82) is 0 Å². The van der Waals surface area contributed by atoms with Gasteiger partial charge in [0.25, 0.3) is 0 Å². The Balaban J connectivity index is 1.08. The number of fused-ring (bicyclic) bond motifs is 1. The molecule has 0 bridgehead atoms. The molecule has 8 nitrogen and oxygen atoms in total. The van der Waals surface area contributed by atoms with Crippen LogP contribution in [0.2, 0.25) is 10.0 Å². The quantitative estimate of drug-likeness (QED) is 0.226. The van der Waals surface area contributed by atoms with Gasteiger partial charge in [-0.1, -0.05) is 29.3 Å². The Morgan fingerprint density at radius 2 is 2.03 bits per heavy atom. The molecule has 1 amide bonds. The van der Waals surface area contributed by atoms with Crippen molar-refractivity contribution in [3.8, 4) is 0 Å². The number of nitrogens with one attached hydrogen (secondary N) is 1. The number of ether oxygens (including phenoxy) is 1. The molecule has 2 aliphatic rings. The second kappa shape index (κ2) is 11.8. The first-order valence-electron chi connectivity index (χ1n) is 12.9. The Morgan fingerprint density at radius 3 is 2.84 bits per heavy atom. The number of anilines is 1. The number of aromatic nitrogens is 2. The molecule has 2 aromatic heterocycles. The molecule has 1 aromatic carbocycles. The van der Waals surface area contributed by atoms with E-state index in [0.29, 0.717) is 34.0 Å². The number of thiazole rings is 1. The van der Waals surface area contributed by atoms with E-state index in [1.807, 2.05) is 24.3 Å². The molecule has 37 heavy (non-hydrogen) atoms. The molecule has 3 N–H and O–H groups in total. The van der Waals surface area contributed by atoms with Crippen LogP contribution in [-0.2, 0) is 16.0 Å². The number of nitrogens with two attached hydrogens (primary N) is 1. The largest absolute Gasteiger partial charge is 0.378 e. The highest BCUT2D eigenvalue weighted by atomic mass is 35.5. The van der Waals surface area contributed by atoms with Gasteiger partial charge in [-0.15, -0.1) is 11.3 Å². The van der Waals surface area contributed by atoms with Crippen LogP contribution < -0.4 is 16.1 Å². The number of halogens is 2. The van der Waals surface area contributed by atoms with Crippen LogP contribution in [0, 0.1) is 0 Å². The van der Waals surface area contributed by atoms with Crippen LogP contribution in [0.4, 0.5) is 5.82 Å². The minimum Gasteiger partial charge on any atom is -0.378 e. The maximum absolute atomic E-state index is 12.5. The molecular weight excluding hydrogens is 531 g/mol. The smallest absolute Gasteiger partial charge is 0.220 e. The number of pyridine rings is 1. The molecule has 2 saturated heterocycles. The Bertz CT molecular complexity index is 1250. The summed E-state index contributed by atoms with van der Waals surface area (Å²) in [7, 11) is 0. The minimum atomic E-state index is 0.0345. The molecule has 2 aliphatic heterocycles. The van der Waals surface area contributed by atoms with Crippen LogP contribution in [0.1, 0.15) is 42.3 Å². The summed E-state index contributed by atoms with van der Waals surface area (Å²) >= 11 is 13.9. The number of carbonyl (C=O) groups is 1. The fourth-order valence-corrected chi connectivity index (χ4v) is 6.50. The molecule has 5 rings (SSSR count). The molecule has 0 saturated carbocycles. The van der Waals surface area contributed by atoms with Gasteiger partial charge in [0.15, 0.2) is 5.65 Å². The number of nitrogens with zero attached hydrogens (tertiary/aromatic N) is 4. The predicted molar refractivity (Wildman–Crippen MR) is 149 cm³/mol. The standard InChI is InChI=1S/C26H32Cl2N6O2S/c27-19-5-4-18(17-20(19)28)21-3-1-13-34(21,29)14-2-10-30-24(35)8-9-25-32-26-22(37-25)6-7-23(31-26)33-11-15-36-16-12-33/h4-7,17,21H,1-3,8-16,29H2/p+1. The first kappa shape index (κ1) is 26.6. The summed E-state index contributed by atoms with van der Waals surface area (Å²) in [6, 6.07) is 10.1. The Morgan fingerprint density at radius 1 is 1.19 bits per heavy atom. The van der Waals surface area contributed by atoms with Crippen LogP contribution in [0.5, 0.6) is 0 Å². The highest BCUT2D eigenvalue weighted by molar-refractivity contribution is 7.18. The van der Waals surface area contributed by atoms with Crippen molar-refractivity contribution in [2.24, 2.45) is 5.84 Å². The lowest BCUT2D eigenvalue weighted by Gasteiger charge is -2.35. The molecule has 4 heterocycles. The summed E-state index contributed by atoms with van der Waals surface area (Å²) in [5.74, 6) is 7.77. The number of likely N-dealkylation sites (tertiary alicyclic amines) is 1. The molecule has 198 valence electrons. The van der Waals surface area contributed by atoms with E-state index in [9.17, 15) is 4.79 Å². The van der Waals surface area contributed by atoms with E-state index in [1.165, 1.54) is 0 Å². The molecule has 0 aliphatic carbocycles. The van der Waals surface area contributed by atoms with E-state index in [2.05, 4.69) is 21.3 Å². The van der Waals surface area contributed by atoms with E-state index in [0.717, 1.165) is 85.4 Å². The molecule has 2 unspecified atom stereocenters. The second-order valence-corrected chi connectivity index (χ2v) is 11.7. The third-order valence-electron chi connectivity index (χ3n) is 7.26. The van der Waals surface area contributed by atoms with Gasteiger partial charge in [-0.3, -0.25) is 4.79 Å². The second-order valence-electron chi connectivity index (χ2n) is 9.78. The Kier molecular flexibility index (Phi) is 8.48. The number of carbonyl (C=O) groups excluding carboxylic acids is 1. The van der Waals surface area contributed by atoms with Gasteiger partial charge in [0.05, 0.1) is 46.1 Å². The van der Waals surface area contributed by atoms with E-state index in [-0.39, 0.29) is 11.9 Å². The zero-order chi connectivity index (χ0) is 25.8. The topological polar surface area (TPSA) is 93.4 Å². The molecule has 2 atom stereocenters. The monoisotopic (exact) mass is 563 g/mol. The van der Waals surface area contributed by atoms with Crippen molar-refractivity contribution in [2.45, 2.75) is 38.1 Å². The summed E-state index contributed by atoms with van der Waals surface area (Å²) in [4.78, 5) is 24.1. The molecule has 3 aromatic rings. The summed E-state index contributed by atoms with van der Waals surface area (Å²) in [6.07, 6.45) is 3.92. The number of quaternary nitrogens is 1. The van der Waals surface area contributed by atoms with Crippen molar-refractivity contribution in [3.63, 3.8) is 0 Å². The summed E-state index contributed by atoms with van der Waals surface area (Å²) in [5, 5.41) is 5.10. The minimum absolute atomic E-state index is 0.0345. The van der Waals surface area contributed by atoms with Gasteiger partial charge in [0, 0.05) is 57.3 Å². The normalized spacial score (nSPS) is 22.0. The molecule has 0 spiro atoms. The van der Waals surface area contributed by atoms with E-state index in [1.54, 1.807) is 11.3 Å². The van der Waals surface area contributed by atoms with Gasteiger partial charge >= 0.3 is 0 Å². The van der Waals surface area contributed by atoms with Gasteiger partial charge in [-0.05, 0) is 24.3 Å². The number of rotatable bonds is 9. The highest BCUT2D eigenvalue weighted by Crippen LogP contribution is 2.38. The third kappa shape index (κ3) is 6.35. The SMILES string of the molecule is N[N+]1(CCCNC(=O)CCc2nc3nc(N4CCOCC4)ccc3s2)CCCC1c1ccc(Cl)c(Cl)c1. The van der Waals surface area contributed by atoms with Crippen LogP contribution in [0.15, 0.2) is 30.3 Å². The van der Waals surface area contributed by atoms with Crippen LogP contribution in [0.25, 0.3) is 10.3 Å². The maximum atomic E-state index is 12.5. The van der Waals surface area contributed by atoms with Gasteiger partial charge in [0.1, 0.15) is 11.9 Å². The van der Waals surface area contributed by atoms with E-state index < -0.39 is 0 Å². The lowest BCUT2D eigenvalue weighted by atomic mass is 10.0. The summed E-state index contributed by atoms with van der Waals surface area (Å²) < 4.78 is 6.95. The van der Waals surface area contributed by atoms with Crippen LogP contribution in [-0.4, -0.2) is 66.4 Å². The zero-order valence-electron chi connectivity index (χ0n) is 20.8. The number of hydrogen-bond acceptors (Lipinski definition) is 7. The molecule has 0 radical (unpaired) electrons. The number of morpholine rings is 1. The maximum Gasteiger partial charge on any atom is 0.220 e. The van der Waals surface area contributed by atoms with Crippen molar-refractivity contribution < 1.29 is 14.1 Å². The first-order valence-corrected chi connectivity index (χ1v) is 14.4. The zero-order valence-corrected chi connectivity index (χ0v) is 23.1. The van der Waals surface area contributed by atoms with Gasteiger partial charge in [0.2, 0.25) is 5.91 Å². The van der Waals surface area contributed by atoms with Crippen LogP contribution in [0.3, 0.4) is 0 Å². The number of benzene rings is 1. The predicted octanol–water partition coefficient (Wildman–Crippen LogP) is 4.50. The lowest BCUT2D eigenvalue weighted by Crippen LogP contribution is -2.54. The van der Waals surface area contributed by atoms with Gasteiger partial charge in [-0.25, -0.2) is 14.6 Å². The average Bonchev–Trinajstić information content (AvgIpc) is 3.50. The van der Waals surface area contributed by atoms with Crippen molar-refractivity contribution in [1.82, 2.24) is 15.3 Å². The molecule has 2 fully saturated rings. The molecular formula is C26H33Cl2N6O2S+. The fourth-order valence-electron chi connectivity index (χ4n) is 5.28. The fraction of sp³-hybridized carbons (Fsp3) is 0.500. The van der Waals surface area contributed by atoms with Crippen molar-refractivity contribution in [2.75, 3.05) is 50.8 Å². The first-order chi connectivity index (χ1) is 17.9. The third-order valence-corrected chi connectivity index (χ3v) is 9.07. The highest BCUT2D eigenvalue weighted by Gasteiger charge is 2.40. The number of aryl methyl sites for hydroxylation is 1. The number of amides is 1. The summed E-state index contributed by atoms with van der Waals surface area (Å²) in [6.45, 7) is 5.44. The average molecular weight is 565 g/mol.